The molecule has 0 fully saturated rings. The topological polar surface area (TPSA) is 75.7 Å². The number of nitrogens with one attached hydrogen (secondary N) is 1. The Morgan fingerprint density at radius 2 is 1.67 bits per heavy atom. The Hall–Kier alpha value is -3.32. The Morgan fingerprint density at radius 1 is 0.967 bits per heavy atom. The molecule has 156 valence electrons. The second kappa shape index (κ2) is 9.45. The van der Waals surface area contributed by atoms with Crippen molar-refractivity contribution in [2.24, 2.45) is 0 Å². The molecule has 7 heteroatoms. The number of amides is 1. The van der Waals surface area contributed by atoms with Gasteiger partial charge in [-0.2, -0.15) is 0 Å². The first kappa shape index (κ1) is 21.4. The Balaban J connectivity index is 1.88. The van der Waals surface area contributed by atoms with Gasteiger partial charge in [-0.15, -0.1) is 0 Å². The maximum atomic E-state index is 13.3. The van der Waals surface area contributed by atoms with Crippen LogP contribution < -0.4 is 14.4 Å². The number of hydrogen-bond donors (Lipinski definition) is 1. The molecule has 0 atom stereocenters. The number of anilines is 2. The second-order valence-corrected chi connectivity index (χ2v) is 8.53. The molecule has 0 aliphatic carbocycles. The smallest absolute Gasteiger partial charge is 0.264 e. The van der Waals surface area contributed by atoms with Crippen molar-refractivity contribution < 1.29 is 17.9 Å². The predicted molar refractivity (Wildman–Crippen MR) is 118 cm³/mol. The average molecular weight is 425 g/mol. The van der Waals surface area contributed by atoms with E-state index < -0.39 is 15.9 Å². The molecule has 3 rings (SSSR count). The van der Waals surface area contributed by atoms with E-state index in [0.29, 0.717) is 23.7 Å². The molecular weight excluding hydrogens is 400 g/mol. The minimum absolute atomic E-state index is 0.122. The molecule has 0 heterocycles. The van der Waals surface area contributed by atoms with Crippen LogP contribution in [0.2, 0.25) is 0 Å². The summed E-state index contributed by atoms with van der Waals surface area (Å²) < 4.78 is 33.1. The average Bonchev–Trinajstić information content (AvgIpc) is 2.74. The molecule has 6 nitrogen and oxygen atoms in total. The van der Waals surface area contributed by atoms with Crippen molar-refractivity contribution in [3.05, 3.63) is 84.4 Å². The van der Waals surface area contributed by atoms with Crippen LogP contribution in [0.5, 0.6) is 5.75 Å². The van der Waals surface area contributed by atoms with Crippen LogP contribution in [-0.4, -0.2) is 27.5 Å². The van der Waals surface area contributed by atoms with Crippen LogP contribution in [0.15, 0.2) is 83.8 Å². The van der Waals surface area contributed by atoms with E-state index in [1.807, 2.05) is 26.0 Å². The van der Waals surface area contributed by atoms with Crippen molar-refractivity contribution in [1.29, 1.82) is 0 Å². The fourth-order valence-corrected chi connectivity index (χ4v) is 4.35. The van der Waals surface area contributed by atoms with Gasteiger partial charge in [-0.3, -0.25) is 9.10 Å². The zero-order valence-corrected chi connectivity index (χ0v) is 17.7. The quantitative estimate of drug-likeness (QED) is 0.587. The molecule has 3 aromatic rings. The second-order valence-electron chi connectivity index (χ2n) is 6.67. The third-order valence-electron chi connectivity index (χ3n) is 4.37. The summed E-state index contributed by atoms with van der Waals surface area (Å²) in [6.45, 7) is 3.93. The van der Waals surface area contributed by atoms with Gasteiger partial charge in [0, 0.05) is 11.8 Å². The Labute approximate surface area is 177 Å². The molecule has 3 aromatic carbocycles. The highest BCUT2D eigenvalue weighted by molar-refractivity contribution is 7.92. The van der Waals surface area contributed by atoms with Crippen molar-refractivity contribution in [1.82, 2.24) is 0 Å². The first-order chi connectivity index (χ1) is 14.4. The zero-order valence-electron chi connectivity index (χ0n) is 16.9. The minimum atomic E-state index is -3.92. The number of carbonyl (C=O) groups excluding carboxylic acids is 1. The summed E-state index contributed by atoms with van der Waals surface area (Å²) in [5.41, 5.74) is 1.95. The maximum Gasteiger partial charge on any atom is 0.264 e. The van der Waals surface area contributed by atoms with Gasteiger partial charge >= 0.3 is 0 Å². The van der Waals surface area contributed by atoms with Gasteiger partial charge in [-0.25, -0.2) is 8.42 Å². The third-order valence-corrected chi connectivity index (χ3v) is 6.16. The van der Waals surface area contributed by atoms with Crippen molar-refractivity contribution in [2.75, 3.05) is 22.8 Å². The first-order valence-electron chi connectivity index (χ1n) is 9.57. The number of ether oxygens (including phenoxy) is 1. The summed E-state index contributed by atoms with van der Waals surface area (Å²) >= 11 is 0. The molecule has 0 spiro atoms. The van der Waals surface area contributed by atoms with Crippen molar-refractivity contribution in [3.63, 3.8) is 0 Å². The molecule has 0 aromatic heterocycles. The highest BCUT2D eigenvalue weighted by atomic mass is 32.2. The van der Waals surface area contributed by atoms with E-state index >= 15 is 0 Å². The molecule has 1 amide bonds. The van der Waals surface area contributed by atoms with E-state index in [1.54, 1.807) is 54.6 Å². The van der Waals surface area contributed by atoms with Gasteiger partial charge in [0.1, 0.15) is 12.3 Å². The van der Waals surface area contributed by atoms with Crippen molar-refractivity contribution in [2.45, 2.75) is 18.7 Å². The van der Waals surface area contributed by atoms with Gasteiger partial charge in [-0.05, 0) is 50.2 Å². The number of aryl methyl sites for hydroxylation is 1. The van der Waals surface area contributed by atoms with Crippen LogP contribution in [0, 0.1) is 6.92 Å². The Morgan fingerprint density at radius 3 is 2.33 bits per heavy atom. The van der Waals surface area contributed by atoms with Gasteiger partial charge in [0.05, 0.1) is 17.2 Å². The normalized spacial score (nSPS) is 11.0. The molecule has 0 radical (unpaired) electrons. The molecule has 0 saturated carbocycles. The number of carbonyl (C=O) groups is 1. The number of nitrogens with zero attached hydrogens (tertiary/aromatic N) is 1. The highest BCUT2D eigenvalue weighted by Crippen LogP contribution is 2.24. The van der Waals surface area contributed by atoms with Gasteiger partial charge < -0.3 is 10.1 Å². The first-order valence-corrected chi connectivity index (χ1v) is 11.0. The highest BCUT2D eigenvalue weighted by Gasteiger charge is 2.27. The van der Waals surface area contributed by atoms with Crippen LogP contribution in [0.1, 0.15) is 12.5 Å². The molecule has 0 unspecified atom stereocenters. The van der Waals surface area contributed by atoms with Crippen LogP contribution >= 0.6 is 0 Å². The standard InChI is InChI=1S/C23H24N2O4S/c1-3-29-21-9-7-8-19(16-21)24-23(26)17-25(20-14-12-18(2)13-15-20)30(27,28)22-10-5-4-6-11-22/h4-16H,3,17H2,1-2H3,(H,24,26). The summed E-state index contributed by atoms with van der Waals surface area (Å²) in [4.78, 5) is 12.9. The lowest BCUT2D eigenvalue weighted by molar-refractivity contribution is -0.114. The van der Waals surface area contributed by atoms with Gasteiger partial charge in [0.25, 0.3) is 10.0 Å². The lowest BCUT2D eigenvalue weighted by Crippen LogP contribution is -2.38. The summed E-state index contributed by atoms with van der Waals surface area (Å²) in [5.74, 6) is 0.173. The van der Waals surface area contributed by atoms with E-state index in [0.717, 1.165) is 9.87 Å². The van der Waals surface area contributed by atoms with Crippen LogP contribution in [0.3, 0.4) is 0 Å². The third kappa shape index (κ3) is 5.18. The SMILES string of the molecule is CCOc1cccc(NC(=O)CN(c2ccc(C)cc2)S(=O)(=O)c2ccccc2)c1. The van der Waals surface area contributed by atoms with Crippen LogP contribution in [-0.2, 0) is 14.8 Å². The number of hydrogen-bond acceptors (Lipinski definition) is 4. The van der Waals surface area contributed by atoms with Crippen LogP contribution in [0.4, 0.5) is 11.4 Å². The molecule has 1 N–H and O–H groups in total. The van der Waals surface area contributed by atoms with Gasteiger partial charge in [-0.1, -0.05) is 42.0 Å². The fraction of sp³-hybridized carbons (Fsp3) is 0.174. The Bertz CT molecular complexity index is 1100. The summed E-state index contributed by atoms with van der Waals surface area (Å²) in [7, 11) is -3.92. The monoisotopic (exact) mass is 424 g/mol. The summed E-state index contributed by atoms with van der Waals surface area (Å²) in [6.07, 6.45) is 0. The van der Waals surface area contributed by atoms with Gasteiger partial charge in [0.15, 0.2) is 0 Å². The molecule has 0 bridgehead atoms. The largest absolute Gasteiger partial charge is 0.494 e. The van der Waals surface area contributed by atoms with Crippen molar-refractivity contribution >= 4 is 27.3 Å². The predicted octanol–water partition coefficient (Wildman–Crippen LogP) is 4.23. The minimum Gasteiger partial charge on any atom is -0.494 e. The number of sulfonamides is 1. The summed E-state index contributed by atoms with van der Waals surface area (Å²) in [6, 6.07) is 22.1. The maximum absolute atomic E-state index is 13.3. The van der Waals surface area contributed by atoms with E-state index in [-0.39, 0.29) is 11.4 Å². The zero-order chi connectivity index (χ0) is 21.6. The van der Waals surface area contributed by atoms with E-state index in [4.69, 9.17) is 4.74 Å². The molecule has 30 heavy (non-hydrogen) atoms. The molecule has 0 aliphatic heterocycles. The fourth-order valence-electron chi connectivity index (χ4n) is 2.91. The molecular formula is C23H24N2O4S. The van der Waals surface area contributed by atoms with E-state index in [2.05, 4.69) is 5.32 Å². The number of benzene rings is 3. The lowest BCUT2D eigenvalue weighted by atomic mass is 10.2. The summed E-state index contributed by atoms with van der Waals surface area (Å²) in [5, 5.41) is 2.75. The molecule has 0 aliphatic rings. The van der Waals surface area contributed by atoms with Crippen LogP contribution in [0.25, 0.3) is 0 Å². The Kier molecular flexibility index (Phi) is 6.74. The van der Waals surface area contributed by atoms with E-state index in [1.165, 1.54) is 12.1 Å². The number of rotatable bonds is 8. The van der Waals surface area contributed by atoms with Gasteiger partial charge in [0.2, 0.25) is 5.91 Å². The van der Waals surface area contributed by atoms with E-state index in [9.17, 15) is 13.2 Å². The lowest BCUT2D eigenvalue weighted by Gasteiger charge is -2.24. The van der Waals surface area contributed by atoms with Crippen molar-refractivity contribution in [3.8, 4) is 5.75 Å². The molecule has 0 saturated heterocycles.